The van der Waals surface area contributed by atoms with Gasteiger partial charge in [0, 0.05) is 32.1 Å². The quantitative estimate of drug-likeness (QED) is 0.771. The summed E-state index contributed by atoms with van der Waals surface area (Å²) in [4.78, 5) is 0.145. The molecule has 0 saturated heterocycles. The topological polar surface area (TPSA) is 80.6 Å². The number of aliphatic hydroxyl groups excluding tert-OH is 1. The molecule has 0 spiro atoms. The molecule has 19 heavy (non-hydrogen) atoms. The van der Waals surface area contributed by atoms with Crippen LogP contribution in [0.2, 0.25) is 0 Å². The van der Waals surface area contributed by atoms with E-state index < -0.39 is 15.6 Å². The fraction of sp³-hybridized carbons (Fsp3) is 0.667. The lowest BCUT2D eigenvalue weighted by molar-refractivity contribution is -0.00515. The Morgan fingerprint density at radius 2 is 2.11 bits per heavy atom. The van der Waals surface area contributed by atoms with Crippen LogP contribution in [0.15, 0.2) is 17.2 Å². The van der Waals surface area contributed by atoms with E-state index in [2.05, 4.69) is 4.72 Å². The summed E-state index contributed by atoms with van der Waals surface area (Å²) in [6.07, 6.45) is 1.47. The third-order valence-corrected chi connectivity index (χ3v) is 4.15. The Balaban J connectivity index is 2.81. The van der Waals surface area contributed by atoms with E-state index in [1.807, 2.05) is 20.8 Å². The highest BCUT2D eigenvalue weighted by molar-refractivity contribution is 7.89. The van der Waals surface area contributed by atoms with Gasteiger partial charge < -0.3 is 14.4 Å². The molecule has 0 aromatic carbocycles. The van der Waals surface area contributed by atoms with Gasteiger partial charge in [-0.05, 0) is 26.8 Å². The molecule has 0 aliphatic heterocycles. The van der Waals surface area contributed by atoms with E-state index >= 15 is 0 Å². The lowest BCUT2D eigenvalue weighted by atomic mass is 10.1. The fourth-order valence-electron chi connectivity index (χ4n) is 1.68. The Morgan fingerprint density at radius 1 is 1.47 bits per heavy atom. The summed E-state index contributed by atoms with van der Waals surface area (Å²) in [7, 11) is -1.90. The molecule has 0 bridgehead atoms. The maximum absolute atomic E-state index is 12.1. The largest absolute Gasteiger partial charge is 0.390 e. The molecule has 1 aromatic heterocycles. The first-order chi connectivity index (χ1) is 8.72. The van der Waals surface area contributed by atoms with E-state index in [-0.39, 0.29) is 18.0 Å². The smallest absolute Gasteiger partial charge is 0.242 e. The lowest BCUT2D eigenvalue weighted by Crippen LogP contribution is -2.40. The molecule has 0 aliphatic rings. The van der Waals surface area contributed by atoms with E-state index in [9.17, 15) is 8.42 Å². The van der Waals surface area contributed by atoms with Crippen molar-refractivity contribution < 1.29 is 18.3 Å². The second-order valence-corrected chi connectivity index (χ2v) is 6.72. The van der Waals surface area contributed by atoms with Crippen molar-refractivity contribution in [1.82, 2.24) is 9.29 Å². The van der Waals surface area contributed by atoms with Gasteiger partial charge in [0.05, 0.1) is 17.1 Å². The van der Waals surface area contributed by atoms with E-state index in [4.69, 9.17) is 9.84 Å². The molecule has 6 nitrogen and oxygen atoms in total. The first-order valence-corrected chi connectivity index (χ1v) is 7.60. The van der Waals surface area contributed by atoms with E-state index in [1.165, 1.54) is 12.3 Å². The van der Waals surface area contributed by atoms with Gasteiger partial charge in [0.2, 0.25) is 10.0 Å². The SMILES string of the molecule is CCOC(C)(C)CNS(=O)(=O)c1cc(CO)n(C)c1. The van der Waals surface area contributed by atoms with Gasteiger partial charge >= 0.3 is 0 Å². The van der Waals surface area contributed by atoms with Crippen molar-refractivity contribution in [2.75, 3.05) is 13.2 Å². The summed E-state index contributed by atoms with van der Waals surface area (Å²) < 4.78 is 33.7. The maximum atomic E-state index is 12.1. The van der Waals surface area contributed by atoms with Crippen LogP contribution in [0, 0.1) is 0 Å². The Morgan fingerprint density at radius 3 is 2.58 bits per heavy atom. The minimum absolute atomic E-state index is 0.145. The van der Waals surface area contributed by atoms with E-state index in [0.717, 1.165) is 0 Å². The van der Waals surface area contributed by atoms with Gasteiger partial charge in [0.25, 0.3) is 0 Å². The summed E-state index contributed by atoms with van der Waals surface area (Å²) in [5.74, 6) is 0. The number of nitrogens with zero attached hydrogens (tertiary/aromatic N) is 1. The van der Waals surface area contributed by atoms with Gasteiger partial charge in [-0.3, -0.25) is 0 Å². The molecule has 0 saturated carbocycles. The van der Waals surface area contributed by atoms with Crippen LogP contribution in [0.5, 0.6) is 0 Å². The molecule has 0 radical (unpaired) electrons. The van der Waals surface area contributed by atoms with Crippen molar-refractivity contribution in [3.63, 3.8) is 0 Å². The summed E-state index contributed by atoms with van der Waals surface area (Å²) in [6.45, 7) is 6.02. The molecule has 1 heterocycles. The molecule has 0 fully saturated rings. The second kappa shape index (κ2) is 6.04. The average molecular weight is 290 g/mol. The molecule has 0 unspecified atom stereocenters. The van der Waals surface area contributed by atoms with Gasteiger partial charge in [-0.2, -0.15) is 0 Å². The Kier molecular flexibility index (Phi) is 5.14. The van der Waals surface area contributed by atoms with Crippen LogP contribution in [0.1, 0.15) is 26.5 Å². The molecule has 7 heteroatoms. The van der Waals surface area contributed by atoms with Crippen molar-refractivity contribution in [3.8, 4) is 0 Å². The minimum atomic E-state index is -3.59. The van der Waals surface area contributed by atoms with Crippen LogP contribution in [-0.4, -0.2) is 36.8 Å². The fourth-order valence-corrected chi connectivity index (χ4v) is 2.97. The van der Waals surface area contributed by atoms with E-state index in [0.29, 0.717) is 12.3 Å². The first kappa shape index (κ1) is 16.2. The van der Waals surface area contributed by atoms with Gasteiger partial charge in [-0.15, -0.1) is 0 Å². The van der Waals surface area contributed by atoms with Gasteiger partial charge in [0.1, 0.15) is 0 Å². The lowest BCUT2D eigenvalue weighted by Gasteiger charge is -2.24. The minimum Gasteiger partial charge on any atom is -0.390 e. The number of nitrogens with one attached hydrogen (secondary N) is 1. The average Bonchev–Trinajstić information content (AvgIpc) is 2.69. The predicted octanol–water partition coefficient (Wildman–Crippen LogP) is 0.611. The molecule has 1 rings (SSSR count). The number of aliphatic hydroxyl groups is 1. The van der Waals surface area contributed by atoms with Crippen molar-refractivity contribution in [3.05, 3.63) is 18.0 Å². The van der Waals surface area contributed by atoms with Crippen LogP contribution in [-0.2, 0) is 28.4 Å². The zero-order valence-corrected chi connectivity index (χ0v) is 12.6. The molecule has 0 atom stereocenters. The molecule has 1 aromatic rings. The van der Waals surface area contributed by atoms with Crippen LogP contribution in [0.3, 0.4) is 0 Å². The molecule has 2 N–H and O–H groups in total. The standard InChI is InChI=1S/C12H22N2O4S/c1-5-18-12(2,3)9-13-19(16,17)11-6-10(8-15)14(4)7-11/h6-7,13,15H,5,8-9H2,1-4H3. The molecular formula is C12H22N2O4S. The normalized spacial score (nSPS) is 12.9. The number of sulfonamides is 1. The number of hydrogen-bond donors (Lipinski definition) is 2. The predicted molar refractivity (Wildman–Crippen MR) is 72.2 cm³/mol. The highest BCUT2D eigenvalue weighted by atomic mass is 32.2. The monoisotopic (exact) mass is 290 g/mol. The molecule has 0 amide bonds. The number of aryl methyl sites for hydroxylation is 1. The van der Waals surface area contributed by atoms with Gasteiger partial charge in [0.15, 0.2) is 0 Å². The number of hydrogen-bond acceptors (Lipinski definition) is 4. The van der Waals surface area contributed by atoms with Crippen LogP contribution in [0.4, 0.5) is 0 Å². The summed E-state index contributed by atoms with van der Waals surface area (Å²) in [5, 5.41) is 9.07. The number of aromatic nitrogens is 1. The van der Waals surface area contributed by atoms with Crippen LogP contribution >= 0.6 is 0 Å². The number of ether oxygens (including phenoxy) is 1. The summed E-state index contributed by atoms with van der Waals surface area (Å²) in [5.41, 5.74) is -0.0133. The molecule has 110 valence electrons. The maximum Gasteiger partial charge on any atom is 0.242 e. The Labute approximate surface area is 114 Å². The third-order valence-electron chi connectivity index (χ3n) is 2.78. The van der Waals surface area contributed by atoms with Gasteiger partial charge in [-0.25, -0.2) is 13.1 Å². The summed E-state index contributed by atoms with van der Waals surface area (Å²) in [6, 6.07) is 1.45. The zero-order valence-electron chi connectivity index (χ0n) is 11.8. The van der Waals surface area contributed by atoms with Crippen LogP contribution in [0.25, 0.3) is 0 Å². The highest BCUT2D eigenvalue weighted by Gasteiger charge is 2.23. The Bertz CT molecular complexity index is 520. The van der Waals surface area contributed by atoms with E-state index in [1.54, 1.807) is 11.6 Å². The molecular weight excluding hydrogens is 268 g/mol. The van der Waals surface area contributed by atoms with Gasteiger partial charge in [-0.1, -0.05) is 0 Å². The zero-order chi connectivity index (χ0) is 14.7. The van der Waals surface area contributed by atoms with Crippen molar-refractivity contribution in [2.24, 2.45) is 7.05 Å². The van der Waals surface area contributed by atoms with Crippen molar-refractivity contribution >= 4 is 10.0 Å². The molecule has 0 aliphatic carbocycles. The van der Waals surface area contributed by atoms with Crippen molar-refractivity contribution in [2.45, 2.75) is 37.9 Å². The first-order valence-electron chi connectivity index (χ1n) is 6.11. The van der Waals surface area contributed by atoms with Crippen molar-refractivity contribution in [1.29, 1.82) is 0 Å². The summed E-state index contributed by atoms with van der Waals surface area (Å²) >= 11 is 0. The number of rotatable bonds is 7. The highest BCUT2D eigenvalue weighted by Crippen LogP contribution is 2.15. The van der Waals surface area contributed by atoms with Crippen LogP contribution < -0.4 is 4.72 Å². The second-order valence-electron chi connectivity index (χ2n) is 4.95. The Hall–Kier alpha value is -0.890. The third kappa shape index (κ3) is 4.31.